The highest BCUT2D eigenvalue weighted by atomic mass is 16.5. The Morgan fingerprint density at radius 1 is 0.933 bits per heavy atom. The van der Waals surface area contributed by atoms with Crippen molar-refractivity contribution in [3.63, 3.8) is 0 Å². The van der Waals surface area contributed by atoms with Gasteiger partial charge in [0.15, 0.2) is 0 Å². The van der Waals surface area contributed by atoms with Crippen molar-refractivity contribution in [3.8, 4) is 5.75 Å². The van der Waals surface area contributed by atoms with Gasteiger partial charge in [-0.2, -0.15) is 0 Å². The van der Waals surface area contributed by atoms with Crippen LogP contribution in [0, 0.1) is 12.8 Å². The second-order valence-corrected chi connectivity index (χ2v) is 7.64. The van der Waals surface area contributed by atoms with Crippen molar-refractivity contribution in [1.82, 2.24) is 0 Å². The Morgan fingerprint density at radius 3 is 2.37 bits per heavy atom. The Morgan fingerprint density at radius 2 is 1.63 bits per heavy atom. The zero-order valence-electron chi connectivity index (χ0n) is 16.7. The summed E-state index contributed by atoms with van der Waals surface area (Å²) in [6, 6.07) is 13.9. The molecule has 4 rings (SSSR count). The molecule has 0 saturated carbocycles. The highest BCUT2D eigenvalue weighted by molar-refractivity contribution is 6.16. The van der Waals surface area contributed by atoms with Gasteiger partial charge in [-0.25, -0.2) is 0 Å². The van der Waals surface area contributed by atoms with Crippen LogP contribution in [0.15, 0.2) is 48.5 Å². The number of rotatable bonds is 4. The Bertz CT molecular complexity index is 1020. The Kier molecular flexibility index (Phi) is 5.35. The van der Waals surface area contributed by atoms with E-state index in [0.29, 0.717) is 24.9 Å². The van der Waals surface area contributed by atoms with E-state index in [0.717, 1.165) is 16.2 Å². The maximum atomic E-state index is 12.7. The summed E-state index contributed by atoms with van der Waals surface area (Å²) in [6.45, 7) is 2.20. The van der Waals surface area contributed by atoms with Gasteiger partial charge in [0, 0.05) is 37.6 Å². The normalized spacial score (nSPS) is 19.4. The molecule has 2 fully saturated rings. The van der Waals surface area contributed by atoms with Crippen LogP contribution in [-0.4, -0.2) is 30.2 Å². The summed E-state index contributed by atoms with van der Waals surface area (Å²) in [4.78, 5) is 52.1. The van der Waals surface area contributed by atoms with Crippen LogP contribution in [0.25, 0.3) is 0 Å². The number of ether oxygens (including phenoxy) is 1. The summed E-state index contributed by atoms with van der Waals surface area (Å²) in [5, 5.41) is 0. The molecular weight excluding hydrogens is 384 g/mol. The predicted octanol–water partition coefficient (Wildman–Crippen LogP) is 3.00. The van der Waals surface area contributed by atoms with Gasteiger partial charge >= 0.3 is 5.97 Å². The molecule has 0 aromatic heterocycles. The molecule has 154 valence electrons. The second-order valence-electron chi connectivity index (χ2n) is 7.64. The number of hydrogen-bond donors (Lipinski definition) is 0. The topological polar surface area (TPSA) is 84.0 Å². The van der Waals surface area contributed by atoms with E-state index in [-0.39, 0.29) is 36.4 Å². The lowest BCUT2D eigenvalue weighted by Gasteiger charge is -2.25. The average Bonchev–Trinajstić information content (AvgIpc) is 3.10. The van der Waals surface area contributed by atoms with Crippen molar-refractivity contribution in [2.75, 3.05) is 16.3 Å². The number of hydrogen-bond acceptors (Lipinski definition) is 5. The molecule has 0 unspecified atom stereocenters. The van der Waals surface area contributed by atoms with Crippen LogP contribution in [-0.2, 0) is 19.2 Å². The number of aryl methyl sites for hydroxylation is 1. The van der Waals surface area contributed by atoms with Crippen LogP contribution < -0.4 is 14.5 Å². The van der Waals surface area contributed by atoms with E-state index >= 15 is 0 Å². The SMILES string of the molecule is Cc1cccc(N2C[C@H](C(=O)Oc3cccc(N4C(=O)CCCC4=O)c3)CC2=O)c1. The molecule has 7 nitrogen and oxygen atoms in total. The molecule has 0 aliphatic carbocycles. The number of carbonyl (C=O) groups is 4. The first-order chi connectivity index (χ1) is 14.4. The lowest BCUT2D eigenvalue weighted by molar-refractivity contribution is -0.139. The largest absolute Gasteiger partial charge is 0.426 e. The Labute approximate surface area is 174 Å². The zero-order chi connectivity index (χ0) is 21.3. The van der Waals surface area contributed by atoms with Crippen molar-refractivity contribution in [3.05, 3.63) is 54.1 Å². The first-order valence-electron chi connectivity index (χ1n) is 9.97. The van der Waals surface area contributed by atoms with E-state index in [1.54, 1.807) is 23.1 Å². The van der Waals surface area contributed by atoms with E-state index in [9.17, 15) is 19.2 Å². The molecule has 2 aromatic carbocycles. The van der Waals surface area contributed by atoms with Gasteiger partial charge in [-0.1, -0.05) is 18.2 Å². The molecular formula is C23H22N2O5. The number of anilines is 2. The van der Waals surface area contributed by atoms with Crippen molar-refractivity contribution in [2.24, 2.45) is 5.92 Å². The van der Waals surface area contributed by atoms with Crippen molar-refractivity contribution >= 4 is 35.1 Å². The molecule has 0 radical (unpaired) electrons. The molecule has 0 bridgehead atoms. The average molecular weight is 406 g/mol. The molecule has 2 aromatic rings. The van der Waals surface area contributed by atoms with E-state index in [1.165, 1.54) is 6.07 Å². The van der Waals surface area contributed by atoms with Crippen LogP contribution in [0.2, 0.25) is 0 Å². The van der Waals surface area contributed by atoms with Gasteiger partial charge in [0.1, 0.15) is 5.75 Å². The van der Waals surface area contributed by atoms with Crippen LogP contribution in [0.3, 0.4) is 0 Å². The first kappa shape index (κ1) is 19.8. The maximum absolute atomic E-state index is 12.7. The van der Waals surface area contributed by atoms with Gasteiger partial charge in [-0.05, 0) is 43.2 Å². The minimum atomic E-state index is -0.583. The van der Waals surface area contributed by atoms with E-state index in [2.05, 4.69) is 0 Å². The van der Waals surface area contributed by atoms with Gasteiger partial charge in [0.2, 0.25) is 17.7 Å². The molecule has 2 aliphatic rings. The van der Waals surface area contributed by atoms with Gasteiger partial charge in [0.25, 0.3) is 0 Å². The highest BCUT2D eigenvalue weighted by Crippen LogP contribution is 2.29. The lowest BCUT2D eigenvalue weighted by atomic mass is 10.1. The smallest absolute Gasteiger partial charge is 0.316 e. The van der Waals surface area contributed by atoms with Gasteiger partial charge in [-0.15, -0.1) is 0 Å². The third kappa shape index (κ3) is 3.96. The fourth-order valence-corrected chi connectivity index (χ4v) is 3.84. The number of nitrogens with zero attached hydrogens (tertiary/aromatic N) is 2. The molecule has 30 heavy (non-hydrogen) atoms. The van der Waals surface area contributed by atoms with Crippen molar-refractivity contribution in [2.45, 2.75) is 32.6 Å². The van der Waals surface area contributed by atoms with Crippen LogP contribution in [0.4, 0.5) is 11.4 Å². The molecule has 2 aliphatic heterocycles. The summed E-state index contributed by atoms with van der Waals surface area (Å²) in [5.41, 5.74) is 2.18. The van der Waals surface area contributed by atoms with Crippen LogP contribution in [0.1, 0.15) is 31.2 Å². The van der Waals surface area contributed by atoms with E-state index < -0.39 is 11.9 Å². The molecule has 3 amide bonds. The fourth-order valence-electron chi connectivity index (χ4n) is 3.84. The molecule has 2 saturated heterocycles. The van der Waals surface area contributed by atoms with E-state index in [4.69, 9.17) is 4.74 Å². The molecule has 0 spiro atoms. The molecule has 1 atom stereocenters. The number of carbonyl (C=O) groups excluding carboxylic acids is 4. The standard InChI is InChI=1S/C23H22N2O5/c1-15-5-2-6-17(11-15)24-14-16(12-22(24)28)23(29)30-19-8-3-7-18(13-19)25-20(26)9-4-10-21(25)27/h2-3,5-8,11,13,16H,4,9-10,12,14H2,1H3/t16-/m1/s1. The maximum Gasteiger partial charge on any atom is 0.316 e. The lowest BCUT2D eigenvalue weighted by Crippen LogP contribution is -2.40. The van der Waals surface area contributed by atoms with Crippen LogP contribution >= 0.6 is 0 Å². The van der Waals surface area contributed by atoms with Crippen molar-refractivity contribution < 1.29 is 23.9 Å². The third-order valence-electron chi connectivity index (χ3n) is 5.35. The monoisotopic (exact) mass is 406 g/mol. The van der Waals surface area contributed by atoms with Crippen LogP contribution in [0.5, 0.6) is 5.75 Å². The van der Waals surface area contributed by atoms with Gasteiger partial charge in [0.05, 0.1) is 11.6 Å². The van der Waals surface area contributed by atoms with Gasteiger partial charge < -0.3 is 9.64 Å². The minimum Gasteiger partial charge on any atom is -0.426 e. The number of imide groups is 1. The molecule has 7 heteroatoms. The summed E-state index contributed by atoms with van der Waals surface area (Å²) >= 11 is 0. The van der Waals surface area contributed by atoms with E-state index in [1.807, 2.05) is 31.2 Å². The summed E-state index contributed by atoms with van der Waals surface area (Å²) in [7, 11) is 0. The Hall–Kier alpha value is -3.48. The molecule has 2 heterocycles. The predicted molar refractivity (Wildman–Crippen MR) is 110 cm³/mol. The number of amides is 3. The zero-order valence-corrected chi connectivity index (χ0v) is 16.7. The second kappa shape index (κ2) is 8.10. The summed E-state index contributed by atoms with van der Waals surface area (Å²) in [5.74, 6) is -1.49. The molecule has 0 N–H and O–H groups in total. The first-order valence-corrected chi connectivity index (χ1v) is 9.97. The summed E-state index contributed by atoms with van der Waals surface area (Å²) < 4.78 is 5.49. The van der Waals surface area contributed by atoms with Gasteiger partial charge in [-0.3, -0.25) is 24.1 Å². The van der Waals surface area contributed by atoms with Crippen molar-refractivity contribution in [1.29, 1.82) is 0 Å². The minimum absolute atomic E-state index is 0.0789. The quantitative estimate of drug-likeness (QED) is 0.443. The highest BCUT2D eigenvalue weighted by Gasteiger charge is 2.36. The third-order valence-corrected chi connectivity index (χ3v) is 5.35. The number of benzene rings is 2. The summed E-state index contributed by atoms with van der Waals surface area (Å²) in [6.07, 6.45) is 1.26. The fraction of sp³-hybridized carbons (Fsp3) is 0.304. The Balaban J connectivity index is 1.46. The number of piperidine rings is 1. The number of esters is 1.